The average Bonchev–Trinajstić information content (AvgIpc) is 2.62. The zero-order chi connectivity index (χ0) is 18.1. The number of amides is 1. The van der Waals surface area contributed by atoms with Crippen LogP contribution < -0.4 is 11.1 Å². The van der Waals surface area contributed by atoms with E-state index in [-0.39, 0.29) is 12.1 Å². The quantitative estimate of drug-likeness (QED) is 0.605. The lowest BCUT2D eigenvalue weighted by atomic mass is 10.1. The molecule has 138 valence electrons. The molecule has 7 nitrogen and oxygen atoms in total. The first-order valence-electron chi connectivity index (χ1n) is 8.67. The maximum absolute atomic E-state index is 11.7. The van der Waals surface area contributed by atoms with E-state index in [1.807, 2.05) is 31.2 Å². The van der Waals surface area contributed by atoms with Gasteiger partial charge in [0.15, 0.2) is 5.96 Å². The summed E-state index contributed by atoms with van der Waals surface area (Å²) < 4.78 is 10.1. The van der Waals surface area contributed by atoms with Gasteiger partial charge in [0.05, 0.1) is 19.8 Å². The first-order valence-corrected chi connectivity index (χ1v) is 8.67. The SMILES string of the molecule is CCOC(=O)N1CCC(NC(N)=NCc2ccc(COC)cc2)CC1. The second-order valence-electron chi connectivity index (χ2n) is 6.06. The van der Waals surface area contributed by atoms with E-state index in [4.69, 9.17) is 15.2 Å². The predicted molar refractivity (Wildman–Crippen MR) is 97.2 cm³/mol. The molecule has 1 saturated heterocycles. The first kappa shape index (κ1) is 19.1. The second kappa shape index (κ2) is 9.88. The number of hydrogen-bond donors (Lipinski definition) is 2. The molecule has 1 aliphatic rings. The molecule has 0 atom stereocenters. The van der Waals surface area contributed by atoms with Crippen LogP contribution in [0.15, 0.2) is 29.3 Å². The molecular formula is C18H28N4O3. The molecular weight excluding hydrogens is 320 g/mol. The number of likely N-dealkylation sites (tertiary alicyclic amines) is 1. The Morgan fingerprint density at radius 2 is 1.92 bits per heavy atom. The number of nitrogens with zero attached hydrogens (tertiary/aromatic N) is 2. The van der Waals surface area contributed by atoms with Crippen LogP contribution in [0.5, 0.6) is 0 Å². The highest BCUT2D eigenvalue weighted by Crippen LogP contribution is 2.11. The van der Waals surface area contributed by atoms with Crippen LogP contribution in [0.1, 0.15) is 30.9 Å². The number of guanidine groups is 1. The molecule has 0 aliphatic carbocycles. The van der Waals surface area contributed by atoms with Gasteiger partial charge in [-0.05, 0) is 30.9 Å². The summed E-state index contributed by atoms with van der Waals surface area (Å²) in [6.07, 6.45) is 1.43. The Morgan fingerprint density at radius 1 is 1.28 bits per heavy atom. The monoisotopic (exact) mass is 348 g/mol. The van der Waals surface area contributed by atoms with Gasteiger partial charge >= 0.3 is 6.09 Å². The van der Waals surface area contributed by atoms with Crippen LogP contribution >= 0.6 is 0 Å². The maximum atomic E-state index is 11.7. The Labute approximate surface area is 149 Å². The lowest BCUT2D eigenvalue weighted by molar-refractivity contribution is 0.0963. The number of ether oxygens (including phenoxy) is 2. The maximum Gasteiger partial charge on any atom is 0.409 e. The van der Waals surface area contributed by atoms with Crippen molar-refractivity contribution in [1.82, 2.24) is 10.2 Å². The van der Waals surface area contributed by atoms with Crippen LogP contribution in [-0.4, -0.2) is 49.8 Å². The van der Waals surface area contributed by atoms with Crippen LogP contribution in [0.4, 0.5) is 4.79 Å². The van der Waals surface area contributed by atoms with Crippen molar-refractivity contribution in [1.29, 1.82) is 0 Å². The van der Waals surface area contributed by atoms with Gasteiger partial charge in [0.1, 0.15) is 0 Å². The van der Waals surface area contributed by atoms with Crippen molar-refractivity contribution in [2.45, 2.75) is 39.0 Å². The van der Waals surface area contributed by atoms with E-state index in [9.17, 15) is 4.79 Å². The Hall–Kier alpha value is -2.28. The van der Waals surface area contributed by atoms with Gasteiger partial charge in [-0.1, -0.05) is 24.3 Å². The van der Waals surface area contributed by atoms with Crippen LogP contribution in [0.2, 0.25) is 0 Å². The number of nitrogens with one attached hydrogen (secondary N) is 1. The molecule has 7 heteroatoms. The fraction of sp³-hybridized carbons (Fsp3) is 0.556. The molecule has 2 rings (SSSR count). The fourth-order valence-corrected chi connectivity index (χ4v) is 2.76. The number of aliphatic imine (C=N–C) groups is 1. The molecule has 0 saturated carbocycles. The van der Waals surface area contributed by atoms with Crippen molar-refractivity contribution in [3.8, 4) is 0 Å². The summed E-state index contributed by atoms with van der Waals surface area (Å²) in [5, 5.41) is 3.24. The molecule has 0 radical (unpaired) electrons. The highest BCUT2D eigenvalue weighted by Gasteiger charge is 2.23. The zero-order valence-electron chi connectivity index (χ0n) is 15.0. The zero-order valence-corrected chi connectivity index (χ0v) is 15.0. The summed E-state index contributed by atoms with van der Waals surface area (Å²) >= 11 is 0. The van der Waals surface area contributed by atoms with E-state index in [1.165, 1.54) is 0 Å². The van der Waals surface area contributed by atoms with Gasteiger partial charge in [-0.15, -0.1) is 0 Å². The summed E-state index contributed by atoms with van der Waals surface area (Å²) in [5.74, 6) is 0.440. The van der Waals surface area contributed by atoms with Gasteiger partial charge < -0.3 is 25.4 Å². The summed E-state index contributed by atoms with van der Waals surface area (Å²) in [6, 6.07) is 8.36. The summed E-state index contributed by atoms with van der Waals surface area (Å²) in [6.45, 7) is 4.71. The second-order valence-corrected chi connectivity index (χ2v) is 6.06. The molecule has 0 spiro atoms. The number of piperidine rings is 1. The normalized spacial score (nSPS) is 15.9. The van der Waals surface area contributed by atoms with E-state index in [0.29, 0.717) is 38.8 Å². The number of rotatable bonds is 6. The van der Waals surface area contributed by atoms with E-state index < -0.39 is 0 Å². The number of nitrogens with two attached hydrogens (primary N) is 1. The van der Waals surface area contributed by atoms with E-state index in [2.05, 4.69) is 10.3 Å². The minimum atomic E-state index is -0.237. The Kier molecular flexibility index (Phi) is 7.53. The standard InChI is InChI=1S/C18H28N4O3/c1-3-25-18(23)22-10-8-16(9-11-22)21-17(19)20-12-14-4-6-15(7-5-14)13-24-2/h4-7,16H,3,8-13H2,1-2H3,(H3,19,20,21). The van der Waals surface area contributed by atoms with E-state index >= 15 is 0 Å². The third-order valence-electron chi connectivity index (χ3n) is 4.14. The summed E-state index contributed by atoms with van der Waals surface area (Å²) in [7, 11) is 1.68. The van der Waals surface area contributed by atoms with E-state index in [0.717, 1.165) is 24.0 Å². The number of benzene rings is 1. The lowest BCUT2D eigenvalue weighted by Crippen LogP contribution is -2.48. The number of hydrogen-bond acceptors (Lipinski definition) is 4. The lowest BCUT2D eigenvalue weighted by Gasteiger charge is -2.31. The third kappa shape index (κ3) is 6.26. The van der Waals surface area contributed by atoms with Gasteiger partial charge in [-0.25, -0.2) is 9.79 Å². The molecule has 1 fully saturated rings. The van der Waals surface area contributed by atoms with Crippen LogP contribution in [-0.2, 0) is 22.6 Å². The Morgan fingerprint density at radius 3 is 2.52 bits per heavy atom. The molecule has 0 bridgehead atoms. The minimum Gasteiger partial charge on any atom is -0.450 e. The van der Waals surface area contributed by atoms with Gasteiger partial charge in [0, 0.05) is 26.2 Å². The van der Waals surface area contributed by atoms with Gasteiger partial charge in [-0.2, -0.15) is 0 Å². The number of carbonyl (C=O) groups is 1. The molecule has 3 N–H and O–H groups in total. The molecule has 1 heterocycles. The minimum absolute atomic E-state index is 0.235. The van der Waals surface area contributed by atoms with Crippen molar-refractivity contribution >= 4 is 12.1 Å². The van der Waals surface area contributed by atoms with Gasteiger partial charge in [0.2, 0.25) is 0 Å². The van der Waals surface area contributed by atoms with E-state index in [1.54, 1.807) is 12.0 Å². The Balaban J connectivity index is 1.75. The summed E-state index contributed by atoms with van der Waals surface area (Å²) in [5.41, 5.74) is 8.22. The topological polar surface area (TPSA) is 89.2 Å². The van der Waals surface area contributed by atoms with Crippen molar-refractivity contribution in [3.05, 3.63) is 35.4 Å². The van der Waals surface area contributed by atoms with Crippen LogP contribution in [0, 0.1) is 0 Å². The number of methoxy groups -OCH3 is 1. The highest BCUT2D eigenvalue weighted by molar-refractivity contribution is 5.78. The van der Waals surface area contributed by atoms with Crippen LogP contribution in [0.3, 0.4) is 0 Å². The molecule has 1 aliphatic heterocycles. The molecule has 1 amide bonds. The molecule has 25 heavy (non-hydrogen) atoms. The van der Waals surface area contributed by atoms with Crippen molar-refractivity contribution in [3.63, 3.8) is 0 Å². The molecule has 0 unspecified atom stereocenters. The smallest absolute Gasteiger partial charge is 0.409 e. The van der Waals surface area contributed by atoms with Crippen molar-refractivity contribution in [2.24, 2.45) is 10.7 Å². The molecule has 1 aromatic rings. The average molecular weight is 348 g/mol. The third-order valence-corrected chi connectivity index (χ3v) is 4.14. The molecule has 0 aromatic heterocycles. The number of carbonyl (C=O) groups excluding carboxylic acids is 1. The largest absolute Gasteiger partial charge is 0.450 e. The molecule has 1 aromatic carbocycles. The van der Waals surface area contributed by atoms with Gasteiger partial charge in [-0.3, -0.25) is 0 Å². The first-order chi connectivity index (χ1) is 12.1. The predicted octanol–water partition coefficient (Wildman–Crippen LogP) is 1.86. The Bertz CT molecular complexity index is 566. The summed E-state index contributed by atoms with van der Waals surface area (Å²) in [4.78, 5) is 17.8. The van der Waals surface area contributed by atoms with Crippen molar-refractivity contribution in [2.75, 3.05) is 26.8 Å². The fourth-order valence-electron chi connectivity index (χ4n) is 2.76. The van der Waals surface area contributed by atoms with Crippen LogP contribution in [0.25, 0.3) is 0 Å². The highest BCUT2D eigenvalue weighted by atomic mass is 16.6. The van der Waals surface area contributed by atoms with Gasteiger partial charge in [0.25, 0.3) is 0 Å². The van der Waals surface area contributed by atoms with Crippen molar-refractivity contribution < 1.29 is 14.3 Å².